The van der Waals surface area contributed by atoms with Crippen LogP contribution in [-0.4, -0.2) is 33.1 Å². The van der Waals surface area contributed by atoms with Gasteiger partial charge in [-0.3, -0.25) is 4.68 Å². The van der Waals surface area contributed by atoms with Gasteiger partial charge in [0, 0.05) is 24.9 Å². The van der Waals surface area contributed by atoms with Crippen LogP contribution in [0.2, 0.25) is 0 Å². The third-order valence-electron chi connectivity index (χ3n) is 5.82. The molecular weight excluding hydrogens is 427 g/mol. The zero-order valence-corrected chi connectivity index (χ0v) is 19.3. The molecule has 1 amide bonds. The van der Waals surface area contributed by atoms with E-state index in [1.165, 1.54) is 6.08 Å². The summed E-state index contributed by atoms with van der Waals surface area (Å²) in [6, 6.07) is 2.13. The van der Waals surface area contributed by atoms with Gasteiger partial charge in [-0.05, 0) is 64.5 Å². The van der Waals surface area contributed by atoms with E-state index in [0.29, 0.717) is 43.6 Å². The Hall–Kier alpha value is -2.90. The van der Waals surface area contributed by atoms with Gasteiger partial charge < -0.3 is 26.2 Å². The van der Waals surface area contributed by atoms with E-state index >= 15 is 0 Å². The molecule has 3 rings (SSSR count). The van der Waals surface area contributed by atoms with Crippen LogP contribution in [0.15, 0.2) is 29.9 Å². The molecule has 2 aliphatic rings. The molecule has 1 aromatic rings. The molecule has 1 saturated carbocycles. The zero-order chi connectivity index (χ0) is 24.2. The van der Waals surface area contributed by atoms with Crippen molar-refractivity contribution in [1.82, 2.24) is 15.1 Å². The van der Waals surface area contributed by atoms with Gasteiger partial charge in [0.2, 0.25) is 0 Å². The third kappa shape index (κ3) is 6.79. The number of allylic oxidation sites excluding steroid dienone is 4. The molecule has 9 nitrogen and oxygen atoms in total. The van der Waals surface area contributed by atoms with Crippen molar-refractivity contribution in [2.75, 3.05) is 11.9 Å². The van der Waals surface area contributed by atoms with Crippen LogP contribution < -0.4 is 16.4 Å². The Morgan fingerprint density at radius 2 is 2.18 bits per heavy atom. The highest BCUT2D eigenvalue weighted by molar-refractivity contribution is 5.67. The van der Waals surface area contributed by atoms with Gasteiger partial charge in [0.1, 0.15) is 17.7 Å². The number of alkyl carbamates (subject to hydrolysis) is 1. The van der Waals surface area contributed by atoms with Gasteiger partial charge in [-0.2, -0.15) is 10.4 Å². The molecule has 0 aromatic carbocycles. The number of ether oxygens (including phenoxy) is 1. The Kier molecular flexibility index (Phi) is 7.76. The zero-order valence-electron chi connectivity index (χ0n) is 19.3. The van der Waals surface area contributed by atoms with E-state index in [-0.39, 0.29) is 23.7 Å². The number of halogens is 1. The standard InChI is InChI=1S/C23H33FN6O3/c1-23(2,3)33-22(32)27-12-14-4-5-15(11-25)19(10-14)30-13-18(20(26)31)21(29-30)28-17-8-6-16(24)7-9-17/h6,8,13-15,19-20,31H,4-5,7,9-10,12,26H2,1-3H3,(H,27,32)(H,28,29)/t14?,15-,19+,20?/m1/s1. The fraction of sp³-hybridized carbons (Fsp3) is 0.609. The molecule has 5 N–H and O–H groups in total. The number of hydrogen-bond acceptors (Lipinski definition) is 7. The second-order valence-corrected chi connectivity index (χ2v) is 9.65. The summed E-state index contributed by atoms with van der Waals surface area (Å²) in [5.41, 5.74) is 6.35. The summed E-state index contributed by atoms with van der Waals surface area (Å²) in [6.07, 6.45) is 5.85. The Morgan fingerprint density at radius 1 is 1.42 bits per heavy atom. The quantitative estimate of drug-likeness (QED) is 0.474. The summed E-state index contributed by atoms with van der Waals surface area (Å²) in [7, 11) is 0. The monoisotopic (exact) mass is 460 g/mol. The second kappa shape index (κ2) is 10.4. The number of rotatable bonds is 6. The number of amides is 1. The van der Waals surface area contributed by atoms with Crippen molar-refractivity contribution in [3.63, 3.8) is 0 Å². The van der Waals surface area contributed by atoms with Crippen LogP contribution in [0.1, 0.15) is 70.7 Å². The van der Waals surface area contributed by atoms with E-state index in [0.717, 1.165) is 12.1 Å². The summed E-state index contributed by atoms with van der Waals surface area (Å²) < 4.78 is 20.3. The van der Waals surface area contributed by atoms with Crippen molar-refractivity contribution < 1.29 is 19.0 Å². The van der Waals surface area contributed by atoms with Gasteiger partial charge in [-0.25, -0.2) is 9.18 Å². The van der Waals surface area contributed by atoms with Crippen molar-refractivity contribution in [2.24, 2.45) is 17.6 Å². The molecule has 2 unspecified atom stereocenters. The maximum absolute atomic E-state index is 13.3. The van der Waals surface area contributed by atoms with Crippen molar-refractivity contribution in [3.8, 4) is 6.07 Å². The SMILES string of the molecule is CC(C)(C)OC(=O)NCC1CC[C@H](C#N)[C@@H](n2cc(C(N)O)c(NC3=CC=C(F)CC3)n2)C1. The Bertz CT molecular complexity index is 956. The normalized spacial score (nSPS) is 24.2. The van der Waals surface area contributed by atoms with Crippen molar-refractivity contribution in [1.29, 1.82) is 5.26 Å². The molecule has 0 aliphatic heterocycles. The molecule has 33 heavy (non-hydrogen) atoms. The lowest BCUT2D eigenvalue weighted by Crippen LogP contribution is -2.38. The molecular formula is C23H33FN6O3. The minimum absolute atomic E-state index is 0.146. The molecule has 2 aliphatic carbocycles. The Morgan fingerprint density at radius 3 is 2.79 bits per heavy atom. The lowest BCUT2D eigenvalue weighted by atomic mass is 9.79. The highest BCUT2D eigenvalue weighted by atomic mass is 19.1. The fourth-order valence-corrected chi connectivity index (χ4v) is 4.16. The van der Waals surface area contributed by atoms with E-state index in [9.17, 15) is 19.6 Å². The smallest absolute Gasteiger partial charge is 0.407 e. The van der Waals surface area contributed by atoms with Crippen LogP contribution in [0.25, 0.3) is 0 Å². The predicted octanol–water partition coefficient (Wildman–Crippen LogP) is 3.78. The molecule has 180 valence electrons. The van der Waals surface area contributed by atoms with Crippen molar-refractivity contribution >= 4 is 11.9 Å². The van der Waals surface area contributed by atoms with E-state index in [1.807, 2.05) is 20.8 Å². The molecule has 4 atom stereocenters. The first kappa shape index (κ1) is 24.7. The van der Waals surface area contributed by atoms with E-state index in [4.69, 9.17) is 10.5 Å². The number of aromatic nitrogens is 2. The average molecular weight is 461 g/mol. The molecule has 1 fully saturated rings. The number of aliphatic hydroxyl groups excluding tert-OH is 1. The van der Waals surface area contributed by atoms with Gasteiger partial charge >= 0.3 is 6.09 Å². The molecule has 1 heterocycles. The van der Waals surface area contributed by atoms with Crippen molar-refractivity contribution in [3.05, 3.63) is 35.4 Å². The number of anilines is 1. The molecule has 0 radical (unpaired) electrons. The number of nitrogens with zero attached hydrogens (tertiary/aromatic N) is 3. The van der Waals surface area contributed by atoms with Crippen LogP contribution in [0.5, 0.6) is 0 Å². The summed E-state index contributed by atoms with van der Waals surface area (Å²) in [5.74, 6) is 0.0882. The van der Waals surface area contributed by atoms with Crippen LogP contribution in [0, 0.1) is 23.2 Å². The average Bonchev–Trinajstić information content (AvgIpc) is 3.16. The number of carbonyl (C=O) groups is 1. The molecule has 0 saturated heterocycles. The lowest BCUT2D eigenvalue weighted by Gasteiger charge is -2.33. The summed E-state index contributed by atoms with van der Waals surface area (Å²) in [6.45, 7) is 5.87. The van der Waals surface area contributed by atoms with Crippen LogP contribution in [-0.2, 0) is 4.74 Å². The van der Waals surface area contributed by atoms with E-state index in [2.05, 4.69) is 21.8 Å². The lowest BCUT2D eigenvalue weighted by molar-refractivity contribution is 0.0509. The van der Waals surface area contributed by atoms with Crippen LogP contribution in [0.3, 0.4) is 0 Å². The maximum atomic E-state index is 13.3. The summed E-state index contributed by atoms with van der Waals surface area (Å²) in [5, 5.41) is 30.3. The number of carbonyl (C=O) groups excluding carboxylic acids is 1. The largest absolute Gasteiger partial charge is 0.444 e. The summed E-state index contributed by atoms with van der Waals surface area (Å²) >= 11 is 0. The van der Waals surface area contributed by atoms with Gasteiger partial charge in [0.25, 0.3) is 0 Å². The summed E-state index contributed by atoms with van der Waals surface area (Å²) in [4.78, 5) is 12.0. The van der Waals surface area contributed by atoms with Gasteiger partial charge in [0.15, 0.2) is 5.82 Å². The topological polar surface area (TPSA) is 138 Å². The Balaban J connectivity index is 1.73. The highest BCUT2D eigenvalue weighted by Crippen LogP contribution is 2.38. The first-order valence-corrected chi connectivity index (χ1v) is 11.3. The third-order valence-corrected chi connectivity index (χ3v) is 5.82. The predicted molar refractivity (Wildman–Crippen MR) is 121 cm³/mol. The number of nitrogens with one attached hydrogen (secondary N) is 2. The molecule has 1 aromatic heterocycles. The van der Waals surface area contributed by atoms with Crippen molar-refractivity contribution in [2.45, 2.75) is 70.7 Å². The van der Waals surface area contributed by atoms with Gasteiger partial charge in [0.05, 0.1) is 23.6 Å². The molecule has 10 heteroatoms. The molecule has 0 spiro atoms. The maximum Gasteiger partial charge on any atom is 0.407 e. The van der Waals surface area contributed by atoms with Crippen LogP contribution >= 0.6 is 0 Å². The molecule has 0 bridgehead atoms. The number of nitrogens with two attached hydrogens (primary N) is 1. The number of aliphatic hydroxyl groups is 1. The van der Waals surface area contributed by atoms with Gasteiger partial charge in [-0.1, -0.05) is 0 Å². The number of hydrogen-bond donors (Lipinski definition) is 4. The Labute approximate surface area is 193 Å². The van der Waals surface area contributed by atoms with E-state index in [1.54, 1.807) is 17.0 Å². The first-order chi connectivity index (χ1) is 15.6. The minimum Gasteiger partial charge on any atom is -0.444 e. The minimum atomic E-state index is -1.26. The second-order valence-electron chi connectivity index (χ2n) is 9.65. The highest BCUT2D eigenvalue weighted by Gasteiger charge is 2.34. The van der Waals surface area contributed by atoms with Gasteiger partial charge in [-0.15, -0.1) is 0 Å². The van der Waals surface area contributed by atoms with Crippen LogP contribution in [0.4, 0.5) is 15.0 Å². The first-order valence-electron chi connectivity index (χ1n) is 11.3. The fourth-order valence-electron chi connectivity index (χ4n) is 4.16. The van der Waals surface area contributed by atoms with E-state index < -0.39 is 17.9 Å². The number of nitriles is 1.